The first-order chi connectivity index (χ1) is 10.8. The van der Waals surface area contributed by atoms with Crippen molar-refractivity contribution in [3.63, 3.8) is 0 Å². The van der Waals surface area contributed by atoms with Crippen molar-refractivity contribution in [3.05, 3.63) is 51.6 Å². The van der Waals surface area contributed by atoms with Gasteiger partial charge in [-0.15, -0.1) is 0 Å². The van der Waals surface area contributed by atoms with Crippen molar-refractivity contribution in [2.75, 3.05) is 0 Å². The zero-order chi connectivity index (χ0) is 16.8. The van der Waals surface area contributed by atoms with E-state index in [1.807, 2.05) is 26.8 Å². The second kappa shape index (κ2) is 5.70. The molecule has 2 aliphatic rings. The molecule has 1 aliphatic carbocycles. The lowest BCUT2D eigenvalue weighted by Crippen LogP contribution is -2.55. The van der Waals surface area contributed by atoms with Crippen LogP contribution in [0.1, 0.15) is 39.0 Å². The zero-order valence-corrected chi connectivity index (χ0v) is 13.4. The SMILES string of the molecule is CC1=CC[C@@H]2[C@@H](O[C@H](c3ccc([N+](=O)[O-])cc3)OC2(C)C)[C@@H]1O. The van der Waals surface area contributed by atoms with Crippen molar-refractivity contribution in [1.82, 2.24) is 0 Å². The first kappa shape index (κ1) is 16.1. The summed E-state index contributed by atoms with van der Waals surface area (Å²) in [5, 5.41) is 21.2. The second-order valence-electron chi connectivity index (χ2n) is 6.74. The average Bonchev–Trinajstić information content (AvgIpc) is 2.50. The van der Waals surface area contributed by atoms with Crippen LogP contribution in [0.4, 0.5) is 5.69 Å². The molecule has 1 heterocycles. The van der Waals surface area contributed by atoms with Gasteiger partial charge in [-0.1, -0.05) is 6.08 Å². The first-order valence-corrected chi connectivity index (χ1v) is 7.72. The van der Waals surface area contributed by atoms with Crippen LogP contribution < -0.4 is 0 Å². The van der Waals surface area contributed by atoms with Crippen molar-refractivity contribution in [2.24, 2.45) is 5.92 Å². The Bertz CT molecular complexity index is 637. The lowest BCUT2D eigenvalue weighted by Gasteiger charge is -2.50. The van der Waals surface area contributed by atoms with Gasteiger partial charge in [-0.05, 0) is 44.9 Å². The molecule has 0 unspecified atom stereocenters. The van der Waals surface area contributed by atoms with Crippen LogP contribution in [0.2, 0.25) is 0 Å². The average molecular weight is 319 g/mol. The number of nitrogens with zero attached hydrogens (tertiary/aromatic N) is 1. The van der Waals surface area contributed by atoms with Gasteiger partial charge >= 0.3 is 0 Å². The lowest BCUT2D eigenvalue weighted by atomic mass is 9.75. The number of benzene rings is 1. The number of hydrogen-bond acceptors (Lipinski definition) is 5. The van der Waals surface area contributed by atoms with Gasteiger partial charge in [0.2, 0.25) is 0 Å². The van der Waals surface area contributed by atoms with Gasteiger partial charge in [-0.3, -0.25) is 10.1 Å². The van der Waals surface area contributed by atoms with Gasteiger partial charge in [-0.25, -0.2) is 0 Å². The topological polar surface area (TPSA) is 81.8 Å². The highest BCUT2D eigenvalue weighted by Gasteiger charge is 2.49. The van der Waals surface area contributed by atoms with Crippen molar-refractivity contribution in [2.45, 2.75) is 51.3 Å². The maximum Gasteiger partial charge on any atom is 0.269 e. The largest absolute Gasteiger partial charge is 0.386 e. The summed E-state index contributed by atoms with van der Waals surface area (Å²) >= 11 is 0. The summed E-state index contributed by atoms with van der Waals surface area (Å²) < 4.78 is 12.1. The van der Waals surface area contributed by atoms with E-state index in [-0.39, 0.29) is 17.7 Å². The minimum Gasteiger partial charge on any atom is -0.386 e. The van der Waals surface area contributed by atoms with Crippen molar-refractivity contribution < 1.29 is 19.5 Å². The molecule has 0 amide bonds. The molecule has 0 bridgehead atoms. The van der Waals surface area contributed by atoms with Crippen LogP contribution in [0.25, 0.3) is 0 Å². The van der Waals surface area contributed by atoms with E-state index < -0.39 is 22.9 Å². The fraction of sp³-hybridized carbons (Fsp3) is 0.529. The van der Waals surface area contributed by atoms with E-state index in [0.29, 0.717) is 5.56 Å². The summed E-state index contributed by atoms with van der Waals surface area (Å²) in [5.41, 5.74) is 1.18. The molecule has 23 heavy (non-hydrogen) atoms. The summed E-state index contributed by atoms with van der Waals surface area (Å²) in [6.45, 7) is 5.88. The van der Waals surface area contributed by atoms with Crippen molar-refractivity contribution in [1.29, 1.82) is 0 Å². The number of aliphatic hydroxyl groups is 1. The lowest BCUT2D eigenvalue weighted by molar-refractivity contribution is -0.384. The van der Waals surface area contributed by atoms with Crippen LogP contribution >= 0.6 is 0 Å². The predicted octanol–water partition coefficient (Wildman–Crippen LogP) is 3.11. The molecule has 6 heteroatoms. The summed E-state index contributed by atoms with van der Waals surface area (Å²) in [7, 11) is 0. The molecular formula is C17H21NO5. The zero-order valence-electron chi connectivity index (χ0n) is 13.4. The number of aliphatic hydroxyl groups excluding tert-OH is 1. The number of nitro benzene ring substituents is 1. The van der Waals surface area contributed by atoms with E-state index in [1.165, 1.54) is 12.1 Å². The van der Waals surface area contributed by atoms with E-state index in [1.54, 1.807) is 12.1 Å². The standard InChI is InChI=1S/C17H21NO5/c1-10-4-9-13-15(14(10)19)22-16(23-17(13,2)3)11-5-7-12(8-6-11)18(20)21/h4-8,13-16,19H,9H2,1-3H3/t13-,14-,15-,16+/m1/s1. The van der Waals surface area contributed by atoms with Gasteiger partial charge in [0, 0.05) is 23.6 Å². The quantitative estimate of drug-likeness (QED) is 0.514. The summed E-state index contributed by atoms with van der Waals surface area (Å²) in [6, 6.07) is 6.14. The number of nitro groups is 1. The van der Waals surface area contributed by atoms with E-state index in [4.69, 9.17) is 9.47 Å². The highest BCUT2D eigenvalue weighted by molar-refractivity contribution is 5.33. The molecule has 1 aliphatic heterocycles. The van der Waals surface area contributed by atoms with Gasteiger partial charge in [0.15, 0.2) is 6.29 Å². The van der Waals surface area contributed by atoms with Crippen LogP contribution in [0.15, 0.2) is 35.9 Å². The molecule has 6 nitrogen and oxygen atoms in total. The summed E-state index contributed by atoms with van der Waals surface area (Å²) in [6.07, 6.45) is 1.19. The maximum absolute atomic E-state index is 10.8. The van der Waals surface area contributed by atoms with Crippen LogP contribution in [0, 0.1) is 16.0 Å². The molecule has 4 atom stereocenters. The Hall–Kier alpha value is -1.76. The maximum atomic E-state index is 10.8. The van der Waals surface area contributed by atoms with E-state index in [2.05, 4.69) is 0 Å². The molecule has 0 spiro atoms. The minimum absolute atomic E-state index is 0.0261. The third-order valence-corrected chi connectivity index (χ3v) is 4.83. The highest BCUT2D eigenvalue weighted by Crippen LogP contribution is 2.45. The molecule has 1 N–H and O–H groups in total. The number of hydrogen-bond donors (Lipinski definition) is 1. The predicted molar refractivity (Wildman–Crippen MR) is 83.7 cm³/mol. The first-order valence-electron chi connectivity index (χ1n) is 7.72. The van der Waals surface area contributed by atoms with E-state index >= 15 is 0 Å². The Morgan fingerprint density at radius 2 is 1.96 bits per heavy atom. The summed E-state index contributed by atoms with van der Waals surface area (Å²) in [5.74, 6) is 0.0653. The second-order valence-corrected chi connectivity index (χ2v) is 6.74. The third-order valence-electron chi connectivity index (χ3n) is 4.83. The Morgan fingerprint density at radius 1 is 1.30 bits per heavy atom. The fourth-order valence-corrected chi connectivity index (χ4v) is 3.33. The summed E-state index contributed by atoms with van der Waals surface area (Å²) in [4.78, 5) is 10.3. The number of non-ortho nitro benzene ring substituents is 1. The van der Waals surface area contributed by atoms with E-state index in [9.17, 15) is 15.2 Å². The van der Waals surface area contributed by atoms with Gasteiger partial charge in [0.05, 0.1) is 16.6 Å². The molecule has 1 saturated heterocycles. The number of rotatable bonds is 2. The Morgan fingerprint density at radius 3 is 2.57 bits per heavy atom. The number of fused-ring (bicyclic) bond motifs is 1. The van der Waals surface area contributed by atoms with Crippen LogP contribution in [-0.4, -0.2) is 27.8 Å². The van der Waals surface area contributed by atoms with Crippen LogP contribution in [0.3, 0.4) is 0 Å². The molecule has 1 aromatic carbocycles. The molecule has 3 rings (SSSR count). The smallest absolute Gasteiger partial charge is 0.269 e. The highest BCUT2D eigenvalue weighted by atomic mass is 16.7. The normalized spacial score (nSPS) is 32.8. The molecule has 1 fully saturated rings. The molecule has 0 saturated carbocycles. The number of allylic oxidation sites excluding steroid dienone is 1. The fourth-order valence-electron chi connectivity index (χ4n) is 3.33. The Labute approximate surface area is 134 Å². The number of ether oxygens (including phenoxy) is 2. The van der Waals surface area contributed by atoms with Gasteiger partial charge in [0.25, 0.3) is 5.69 Å². The van der Waals surface area contributed by atoms with E-state index in [0.717, 1.165) is 12.0 Å². The molecule has 0 aromatic heterocycles. The van der Waals surface area contributed by atoms with Gasteiger partial charge < -0.3 is 14.6 Å². The van der Waals surface area contributed by atoms with Gasteiger partial charge in [0.1, 0.15) is 6.10 Å². The van der Waals surface area contributed by atoms with Crippen molar-refractivity contribution >= 4 is 5.69 Å². The molecule has 124 valence electrons. The van der Waals surface area contributed by atoms with Crippen LogP contribution in [0.5, 0.6) is 0 Å². The third kappa shape index (κ3) is 2.89. The van der Waals surface area contributed by atoms with Crippen molar-refractivity contribution in [3.8, 4) is 0 Å². The van der Waals surface area contributed by atoms with Crippen LogP contribution in [-0.2, 0) is 9.47 Å². The molecule has 1 aromatic rings. The Balaban J connectivity index is 1.87. The monoisotopic (exact) mass is 319 g/mol. The minimum atomic E-state index is -0.655. The molecular weight excluding hydrogens is 298 g/mol. The van der Waals surface area contributed by atoms with Gasteiger partial charge in [-0.2, -0.15) is 0 Å². The molecule has 0 radical (unpaired) electrons. The Kier molecular flexibility index (Phi) is 4.00.